The van der Waals surface area contributed by atoms with Crippen molar-refractivity contribution in [3.05, 3.63) is 65.2 Å². The molecular formula is C18H21NO3. The SMILES string of the molecule is CONC(C(C)=O)c1ccccc1COc1ccccc1C. The molecule has 1 unspecified atom stereocenters. The summed E-state index contributed by atoms with van der Waals surface area (Å²) in [7, 11) is 1.50. The summed E-state index contributed by atoms with van der Waals surface area (Å²) in [6.45, 7) is 3.94. The molecule has 0 amide bonds. The molecule has 0 heterocycles. The van der Waals surface area contributed by atoms with Crippen LogP contribution < -0.4 is 10.2 Å². The quantitative estimate of drug-likeness (QED) is 0.796. The van der Waals surface area contributed by atoms with Crippen LogP contribution in [0.3, 0.4) is 0 Å². The Labute approximate surface area is 131 Å². The van der Waals surface area contributed by atoms with Crippen LogP contribution in [0.5, 0.6) is 5.75 Å². The van der Waals surface area contributed by atoms with Gasteiger partial charge >= 0.3 is 0 Å². The fourth-order valence-corrected chi connectivity index (χ4v) is 2.30. The Morgan fingerprint density at radius 3 is 2.50 bits per heavy atom. The molecule has 2 rings (SSSR count). The van der Waals surface area contributed by atoms with Crippen LogP contribution >= 0.6 is 0 Å². The van der Waals surface area contributed by atoms with Gasteiger partial charge in [0.05, 0.1) is 7.11 Å². The molecule has 0 fully saturated rings. The van der Waals surface area contributed by atoms with Crippen molar-refractivity contribution in [3.63, 3.8) is 0 Å². The van der Waals surface area contributed by atoms with Gasteiger partial charge in [0, 0.05) is 0 Å². The molecule has 0 spiro atoms. The molecule has 116 valence electrons. The highest BCUT2D eigenvalue weighted by molar-refractivity contribution is 5.83. The predicted octanol–water partition coefficient (Wildman–Crippen LogP) is 3.36. The van der Waals surface area contributed by atoms with E-state index in [0.29, 0.717) is 6.61 Å². The van der Waals surface area contributed by atoms with Crippen molar-refractivity contribution in [1.82, 2.24) is 5.48 Å². The molecule has 0 radical (unpaired) electrons. The highest BCUT2D eigenvalue weighted by Crippen LogP contribution is 2.23. The first kappa shape index (κ1) is 16.2. The number of nitrogens with one attached hydrogen (secondary N) is 1. The van der Waals surface area contributed by atoms with Gasteiger partial charge in [-0.15, -0.1) is 0 Å². The van der Waals surface area contributed by atoms with Crippen LogP contribution in [0, 0.1) is 6.92 Å². The average molecular weight is 299 g/mol. The Hall–Kier alpha value is -2.17. The summed E-state index contributed by atoms with van der Waals surface area (Å²) in [6, 6.07) is 15.1. The maximum absolute atomic E-state index is 11.8. The van der Waals surface area contributed by atoms with Gasteiger partial charge in [-0.25, -0.2) is 0 Å². The number of para-hydroxylation sites is 1. The van der Waals surface area contributed by atoms with E-state index in [0.717, 1.165) is 22.4 Å². The number of carbonyl (C=O) groups excluding carboxylic acids is 1. The Morgan fingerprint density at radius 2 is 1.82 bits per heavy atom. The van der Waals surface area contributed by atoms with Crippen LogP contribution in [-0.2, 0) is 16.2 Å². The van der Waals surface area contributed by atoms with E-state index in [-0.39, 0.29) is 5.78 Å². The number of hydrogen-bond donors (Lipinski definition) is 1. The number of carbonyl (C=O) groups is 1. The van der Waals surface area contributed by atoms with E-state index in [1.54, 1.807) is 0 Å². The van der Waals surface area contributed by atoms with Crippen molar-refractivity contribution in [2.75, 3.05) is 7.11 Å². The normalized spacial score (nSPS) is 12.0. The number of ketones is 1. The Balaban J connectivity index is 2.21. The Morgan fingerprint density at radius 1 is 1.14 bits per heavy atom. The highest BCUT2D eigenvalue weighted by atomic mass is 16.6. The summed E-state index contributed by atoms with van der Waals surface area (Å²) in [5.41, 5.74) is 5.65. The number of ether oxygens (including phenoxy) is 1. The van der Waals surface area contributed by atoms with E-state index in [1.807, 2.05) is 55.5 Å². The third-order valence-electron chi connectivity index (χ3n) is 3.49. The predicted molar refractivity (Wildman–Crippen MR) is 85.5 cm³/mol. The highest BCUT2D eigenvalue weighted by Gasteiger charge is 2.19. The van der Waals surface area contributed by atoms with E-state index in [1.165, 1.54) is 14.0 Å². The molecule has 1 N–H and O–H groups in total. The summed E-state index contributed by atoms with van der Waals surface area (Å²) >= 11 is 0. The average Bonchev–Trinajstić information content (AvgIpc) is 2.52. The van der Waals surface area contributed by atoms with Gasteiger partial charge in [0.25, 0.3) is 0 Å². The number of hydroxylamine groups is 1. The largest absolute Gasteiger partial charge is 0.489 e. The summed E-state index contributed by atoms with van der Waals surface area (Å²) in [4.78, 5) is 16.8. The monoisotopic (exact) mass is 299 g/mol. The van der Waals surface area contributed by atoms with Gasteiger partial charge in [-0.1, -0.05) is 42.5 Å². The minimum Gasteiger partial charge on any atom is -0.489 e. The van der Waals surface area contributed by atoms with E-state index < -0.39 is 6.04 Å². The summed E-state index contributed by atoms with van der Waals surface area (Å²) in [5, 5.41) is 0. The number of rotatable bonds is 7. The molecule has 0 saturated carbocycles. The van der Waals surface area contributed by atoms with Crippen LogP contribution in [-0.4, -0.2) is 12.9 Å². The maximum atomic E-state index is 11.8. The molecule has 0 bridgehead atoms. The molecule has 4 heteroatoms. The molecule has 0 saturated heterocycles. The first-order valence-corrected chi connectivity index (χ1v) is 7.18. The van der Waals surface area contributed by atoms with Gasteiger partial charge in [-0.2, -0.15) is 5.48 Å². The van der Waals surface area contributed by atoms with Crippen LogP contribution in [0.4, 0.5) is 0 Å². The lowest BCUT2D eigenvalue weighted by atomic mass is 9.99. The lowest BCUT2D eigenvalue weighted by molar-refractivity contribution is -0.122. The van der Waals surface area contributed by atoms with E-state index in [2.05, 4.69) is 5.48 Å². The third-order valence-corrected chi connectivity index (χ3v) is 3.49. The Kier molecular flexibility index (Phi) is 5.69. The third kappa shape index (κ3) is 3.93. The van der Waals surface area contributed by atoms with Gasteiger partial charge in [0.2, 0.25) is 0 Å². The minimum atomic E-state index is -0.498. The molecule has 0 aromatic heterocycles. The molecule has 1 atom stereocenters. The fraction of sp³-hybridized carbons (Fsp3) is 0.278. The molecule has 2 aromatic rings. The molecule has 4 nitrogen and oxygen atoms in total. The number of aryl methyl sites for hydroxylation is 1. The minimum absolute atomic E-state index is 0.00908. The maximum Gasteiger partial charge on any atom is 0.153 e. The zero-order valence-corrected chi connectivity index (χ0v) is 13.1. The van der Waals surface area contributed by atoms with Crippen molar-refractivity contribution >= 4 is 5.78 Å². The molecule has 0 aliphatic heterocycles. The van der Waals surface area contributed by atoms with Gasteiger partial charge < -0.3 is 9.57 Å². The number of benzene rings is 2. The van der Waals surface area contributed by atoms with Crippen molar-refractivity contribution in [3.8, 4) is 5.75 Å². The van der Waals surface area contributed by atoms with E-state index in [4.69, 9.17) is 9.57 Å². The second-order valence-corrected chi connectivity index (χ2v) is 5.12. The van der Waals surface area contributed by atoms with E-state index >= 15 is 0 Å². The second-order valence-electron chi connectivity index (χ2n) is 5.12. The zero-order chi connectivity index (χ0) is 15.9. The summed E-state index contributed by atoms with van der Waals surface area (Å²) < 4.78 is 5.89. The molecular weight excluding hydrogens is 278 g/mol. The Bertz CT molecular complexity index is 640. The van der Waals surface area contributed by atoms with Crippen LogP contribution in [0.1, 0.15) is 29.7 Å². The number of Topliss-reactive ketones (excluding diaryl/α,β-unsaturated/α-hetero) is 1. The van der Waals surface area contributed by atoms with E-state index in [9.17, 15) is 4.79 Å². The second kappa shape index (κ2) is 7.73. The van der Waals surface area contributed by atoms with Crippen LogP contribution in [0.2, 0.25) is 0 Å². The molecule has 0 aliphatic carbocycles. The fourth-order valence-electron chi connectivity index (χ4n) is 2.30. The zero-order valence-electron chi connectivity index (χ0n) is 13.1. The van der Waals surface area contributed by atoms with Gasteiger partial charge in [-0.05, 0) is 36.6 Å². The summed E-state index contributed by atoms with van der Waals surface area (Å²) in [5.74, 6) is 0.835. The van der Waals surface area contributed by atoms with Crippen molar-refractivity contribution in [1.29, 1.82) is 0 Å². The smallest absolute Gasteiger partial charge is 0.153 e. The van der Waals surface area contributed by atoms with Crippen molar-refractivity contribution < 1.29 is 14.4 Å². The molecule has 2 aromatic carbocycles. The lowest BCUT2D eigenvalue weighted by Gasteiger charge is -2.19. The van der Waals surface area contributed by atoms with Crippen LogP contribution in [0.25, 0.3) is 0 Å². The lowest BCUT2D eigenvalue weighted by Crippen LogP contribution is -2.27. The van der Waals surface area contributed by atoms with Gasteiger partial charge in [0.15, 0.2) is 5.78 Å². The van der Waals surface area contributed by atoms with Crippen LogP contribution in [0.15, 0.2) is 48.5 Å². The first-order chi connectivity index (χ1) is 10.6. The first-order valence-electron chi connectivity index (χ1n) is 7.18. The van der Waals surface area contributed by atoms with Gasteiger partial charge in [-0.3, -0.25) is 4.79 Å². The summed E-state index contributed by atoms with van der Waals surface area (Å²) in [6.07, 6.45) is 0. The van der Waals surface area contributed by atoms with Crippen molar-refractivity contribution in [2.24, 2.45) is 0 Å². The topological polar surface area (TPSA) is 47.6 Å². The molecule has 22 heavy (non-hydrogen) atoms. The molecule has 0 aliphatic rings. The standard InChI is InChI=1S/C18H21NO3/c1-13-8-4-7-11-17(13)22-12-15-9-5-6-10-16(15)18(14(2)20)19-21-3/h4-11,18-19H,12H2,1-3H3. The van der Waals surface area contributed by atoms with Gasteiger partial charge in [0.1, 0.15) is 18.4 Å². The van der Waals surface area contributed by atoms with Crippen molar-refractivity contribution in [2.45, 2.75) is 26.5 Å². The number of hydrogen-bond acceptors (Lipinski definition) is 4.